The van der Waals surface area contributed by atoms with Crippen LogP contribution in [0, 0.1) is 0 Å². The summed E-state index contributed by atoms with van der Waals surface area (Å²) in [6.45, 7) is 1.83. The van der Waals surface area contributed by atoms with Crippen molar-refractivity contribution in [3.05, 3.63) is 41.7 Å². The van der Waals surface area contributed by atoms with E-state index >= 15 is 0 Å². The molecule has 1 aliphatic rings. The molecule has 1 aromatic carbocycles. The summed E-state index contributed by atoms with van der Waals surface area (Å²) in [6.07, 6.45) is -0.163. The number of hydrogen-bond donors (Lipinski definition) is 1. The summed E-state index contributed by atoms with van der Waals surface area (Å²) in [5.41, 5.74) is 0.831. The zero-order chi connectivity index (χ0) is 10.2. The first-order valence-corrected chi connectivity index (χ1v) is 6.60. The van der Waals surface area contributed by atoms with Crippen LogP contribution >= 0.6 is 7.14 Å². The lowest BCUT2D eigenvalue weighted by atomic mass is 10.2. The molecule has 0 aliphatic carbocycles. The second-order valence-corrected chi connectivity index (χ2v) is 6.43. The lowest BCUT2D eigenvalue weighted by Crippen LogP contribution is -2.11. The minimum atomic E-state index is -2.45. The van der Waals surface area contributed by atoms with Crippen LogP contribution in [-0.2, 0) is 4.57 Å². The van der Waals surface area contributed by atoms with Crippen LogP contribution in [0.5, 0.6) is 0 Å². The first kappa shape index (κ1) is 9.70. The fourth-order valence-electron chi connectivity index (χ4n) is 1.73. The second-order valence-electron chi connectivity index (χ2n) is 3.70. The first-order chi connectivity index (χ1) is 6.62. The van der Waals surface area contributed by atoms with Crippen LogP contribution in [0.2, 0.25) is 0 Å². The van der Waals surface area contributed by atoms with Gasteiger partial charge in [-0.3, -0.25) is 0 Å². The average molecular weight is 208 g/mol. The quantitative estimate of drug-likeness (QED) is 0.716. The van der Waals surface area contributed by atoms with Crippen LogP contribution in [-0.4, -0.2) is 17.4 Å². The average Bonchev–Trinajstić information content (AvgIpc) is 2.44. The zero-order valence-corrected chi connectivity index (χ0v) is 8.95. The molecule has 0 amide bonds. The fourth-order valence-corrected chi connectivity index (χ4v) is 4.50. The van der Waals surface area contributed by atoms with Gasteiger partial charge in [-0.05, 0) is 18.3 Å². The van der Waals surface area contributed by atoms with Crippen molar-refractivity contribution in [2.45, 2.75) is 13.0 Å². The highest BCUT2D eigenvalue weighted by atomic mass is 31.2. The normalized spacial score (nSPS) is 31.6. The standard InChI is InChI=1S/C11H13O2P/c1-9-7-14(13,8-11(9)12)10-5-3-2-4-6-10/h2-7,11-12H,8H2,1H3. The highest BCUT2D eigenvalue weighted by molar-refractivity contribution is 7.74. The predicted octanol–water partition coefficient (Wildman–Crippen LogP) is 1.95. The smallest absolute Gasteiger partial charge is 0.139 e. The van der Waals surface area contributed by atoms with Crippen molar-refractivity contribution in [3.63, 3.8) is 0 Å². The maximum Gasteiger partial charge on any atom is 0.139 e. The summed E-state index contributed by atoms with van der Waals surface area (Å²) in [5.74, 6) is 1.74. The molecule has 1 aliphatic heterocycles. The fraction of sp³-hybridized carbons (Fsp3) is 0.273. The van der Waals surface area contributed by atoms with E-state index < -0.39 is 13.2 Å². The molecule has 0 saturated carbocycles. The monoisotopic (exact) mass is 208 g/mol. The van der Waals surface area contributed by atoms with Gasteiger partial charge in [-0.1, -0.05) is 30.3 Å². The largest absolute Gasteiger partial charge is 0.388 e. The Balaban J connectivity index is 2.42. The Labute approximate surface area is 83.6 Å². The van der Waals surface area contributed by atoms with Gasteiger partial charge in [0.1, 0.15) is 7.14 Å². The number of hydrogen-bond acceptors (Lipinski definition) is 2. The molecule has 0 saturated heterocycles. The van der Waals surface area contributed by atoms with Crippen LogP contribution in [0.15, 0.2) is 41.7 Å². The highest BCUT2D eigenvalue weighted by Crippen LogP contribution is 2.52. The third kappa shape index (κ3) is 1.56. The van der Waals surface area contributed by atoms with Crippen molar-refractivity contribution in [2.24, 2.45) is 0 Å². The Morgan fingerprint density at radius 1 is 1.36 bits per heavy atom. The van der Waals surface area contributed by atoms with Crippen molar-refractivity contribution in [1.29, 1.82) is 0 Å². The van der Waals surface area contributed by atoms with E-state index in [1.807, 2.05) is 37.3 Å². The van der Waals surface area contributed by atoms with Crippen molar-refractivity contribution in [1.82, 2.24) is 0 Å². The molecule has 0 bridgehead atoms. The van der Waals surface area contributed by atoms with Crippen LogP contribution in [0.25, 0.3) is 0 Å². The summed E-state index contributed by atoms with van der Waals surface area (Å²) in [5, 5.41) is 10.4. The Kier molecular flexibility index (Phi) is 2.34. The van der Waals surface area contributed by atoms with Gasteiger partial charge >= 0.3 is 0 Å². The summed E-state index contributed by atoms with van der Waals surface area (Å²) in [7, 11) is -2.45. The van der Waals surface area contributed by atoms with E-state index in [9.17, 15) is 9.67 Å². The Morgan fingerprint density at radius 2 is 2.00 bits per heavy atom. The van der Waals surface area contributed by atoms with E-state index in [2.05, 4.69) is 0 Å². The van der Waals surface area contributed by atoms with Gasteiger partial charge in [0.05, 0.1) is 6.10 Å². The SMILES string of the molecule is CC1=CP(=O)(c2ccccc2)CC1O. The molecule has 0 radical (unpaired) electrons. The minimum Gasteiger partial charge on any atom is -0.388 e. The van der Waals surface area contributed by atoms with Crippen molar-refractivity contribution in [3.8, 4) is 0 Å². The molecule has 1 N–H and O–H groups in total. The molecule has 74 valence electrons. The van der Waals surface area contributed by atoms with E-state index in [1.54, 1.807) is 5.82 Å². The van der Waals surface area contributed by atoms with Gasteiger partial charge in [0.15, 0.2) is 0 Å². The number of aliphatic hydroxyl groups is 1. The van der Waals surface area contributed by atoms with E-state index in [0.29, 0.717) is 6.16 Å². The molecular formula is C11H13O2P. The predicted molar refractivity (Wildman–Crippen MR) is 58.3 cm³/mol. The maximum atomic E-state index is 12.4. The number of rotatable bonds is 1. The summed E-state index contributed by atoms with van der Waals surface area (Å²) in [6, 6.07) is 9.38. The molecule has 2 rings (SSSR count). The highest BCUT2D eigenvalue weighted by Gasteiger charge is 2.32. The van der Waals surface area contributed by atoms with E-state index in [-0.39, 0.29) is 0 Å². The summed E-state index contributed by atoms with van der Waals surface area (Å²) in [4.78, 5) is 0. The third-order valence-electron chi connectivity index (χ3n) is 2.58. The van der Waals surface area contributed by atoms with Crippen molar-refractivity contribution in [2.75, 3.05) is 6.16 Å². The Bertz CT molecular complexity index is 409. The van der Waals surface area contributed by atoms with E-state index in [0.717, 1.165) is 10.9 Å². The van der Waals surface area contributed by atoms with Gasteiger partial charge in [0.2, 0.25) is 0 Å². The number of benzene rings is 1. The van der Waals surface area contributed by atoms with Gasteiger partial charge < -0.3 is 9.67 Å². The summed E-state index contributed by atoms with van der Waals surface area (Å²) >= 11 is 0. The number of aliphatic hydroxyl groups excluding tert-OH is 1. The lowest BCUT2D eigenvalue weighted by molar-refractivity contribution is 0.237. The molecule has 0 aromatic heterocycles. The van der Waals surface area contributed by atoms with Crippen LogP contribution in [0.1, 0.15) is 6.92 Å². The Morgan fingerprint density at radius 3 is 2.50 bits per heavy atom. The Hall–Kier alpha value is -0.850. The van der Waals surface area contributed by atoms with Crippen LogP contribution < -0.4 is 5.30 Å². The molecule has 1 aromatic rings. The molecular weight excluding hydrogens is 195 g/mol. The molecule has 2 unspecified atom stereocenters. The molecule has 3 heteroatoms. The molecule has 0 spiro atoms. The molecule has 1 heterocycles. The van der Waals surface area contributed by atoms with Gasteiger partial charge in [0, 0.05) is 11.5 Å². The molecule has 0 fully saturated rings. The van der Waals surface area contributed by atoms with E-state index in [4.69, 9.17) is 0 Å². The first-order valence-electron chi connectivity index (χ1n) is 4.64. The maximum absolute atomic E-state index is 12.4. The van der Waals surface area contributed by atoms with Crippen molar-refractivity contribution < 1.29 is 9.67 Å². The molecule has 14 heavy (non-hydrogen) atoms. The minimum absolute atomic E-state index is 0.364. The molecule has 2 atom stereocenters. The van der Waals surface area contributed by atoms with Gasteiger partial charge in [0.25, 0.3) is 0 Å². The van der Waals surface area contributed by atoms with Gasteiger partial charge in [-0.25, -0.2) is 0 Å². The third-order valence-corrected chi connectivity index (χ3v) is 5.46. The topological polar surface area (TPSA) is 37.3 Å². The lowest BCUT2D eigenvalue weighted by Gasteiger charge is -2.09. The van der Waals surface area contributed by atoms with E-state index in [1.165, 1.54) is 0 Å². The summed E-state index contributed by atoms with van der Waals surface area (Å²) < 4.78 is 12.4. The van der Waals surface area contributed by atoms with Gasteiger partial charge in [-0.2, -0.15) is 0 Å². The zero-order valence-electron chi connectivity index (χ0n) is 8.05. The second kappa shape index (κ2) is 3.38. The molecule has 2 nitrogen and oxygen atoms in total. The van der Waals surface area contributed by atoms with Crippen LogP contribution in [0.4, 0.5) is 0 Å². The van der Waals surface area contributed by atoms with Crippen molar-refractivity contribution >= 4 is 12.4 Å². The van der Waals surface area contributed by atoms with Gasteiger partial charge in [-0.15, -0.1) is 0 Å². The van der Waals surface area contributed by atoms with Crippen LogP contribution in [0.3, 0.4) is 0 Å².